The number of nitrogens with one attached hydrogen (secondary N) is 2. The average Bonchev–Trinajstić information content (AvgIpc) is 2.60. The van der Waals surface area contributed by atoms with Gasteiger partial charge in [0.2, 0.25) is 0 Å². The van der Waals surface area contributed by atoms with Gasteiger partial charge in [-0.15, -0.1) is 0 Å². The van der Waals surface area contributed by atoms with Crippen molar-refractivity contribution in [1.82, 2.24) is 5.32 Å². The van der Waals surface area contributed by atoms with Crippen LogP contribution in [0.25, 0.3) is 0 Å². The van der Waals surface area contributed by atoms with E-state index >= 15 is 0 Å². The first kappa shape index (κ1) is 18.3. The van der Waals surface area contributed by atoms with Gasteiger partial charge in [0.05, 0.1) is 19.4 Å². The van der Waals surface area contributed by atoms with E-state index in [4.69, 9.17) is 14.6 Å². The van der Waals surface area contributed by atoms with Crippen molar-refractivity contribution in [3.63, 3.8) is 0 Å². The van der Waals surface area contributed by atoms with Crippen molar-refractivity contribution >= 4 is 34.3 Å². The fourth-order valence-electron chi connectivity index (χ4n) is 2.01. The number of ether oxygens (including phenoxy) is 2. The Morgan fingerprint density at radius 2 is 2.00 bits per heavy atom. The Kier molecular flexibility index (Phi) is 7.13. The second-order valence-corrected chi connectivity index (χ2v) is 6.01. The van der Waals surface area contributed by atoms with Crippen LogP contribution in [0.3, 0.4) is 0 Å². The largest absolute Gasteiger partial charge is 0.493 e. The standard InChI is InChI=1S/C17H19IN2O4/c1-23-16-10-12(6-7-15(16)24-9-8-21)11-19-17(22)20-14-5-3-2-4-13(14)18/h2-7,10,21H,8-9,11H2,1H3,(H2,19,20,22). The van der Waals surface area contributed by atoms with Gasteiger partial charge >= 0.3 is 6.03 Å². The molecule has 3 N–H and O–H groups in total. The zero-order valence-corrected chi connectivity index (χ0v) is 15.4. The molecule has 7 heteroatoms. The zero-order chi connectivity index (χ0) is 17.4. The van der Waals surface area contributed by atoms with E-state index in [0.717, 1.165) is 14.8 Å². The predicted molar refractivity (Wildman–Crippen MR) is 101 cm³/mol. The molecule has 0 spiro atoms. The van der Waals surface area contributed by atoms with Gasteiger partial charge in [0.1, 0.15) is 6.61 Å². The van der Waals surface area contributed by atoms with Gasteiger partial charge in [-0.1, -0.05) is 18.2 Å². The number of aliphatic hydroxyl groups excluding tert-OH is 1. The van der Waals surface area contributed by atoms with Crippen LogP contribution in [0.4, 0.5) is 10.5 Å². The molecule has 2 amide bonds. The molecule has 0 atom stereocenters. The molecule has 0 saturated heterocycles. The molecule has 0 aromatic heterocycles. The highest BCUT2D eigenvalue weighted by molar-refractivity contribution is 14.1. The van der Waals surface area contributed by atoms with Crippen LogP contribution in [0, 0.1) is 3.57 Å². The number of hydrogen-bond acceptors (Lipinski definition) is 4. The van der Waals surface area contributed by atoms with Crippen LogP contribution in [-0.2, 0) is 6.54 Å². The Morgan fingerprint density at radius 3 is 2.71 bits per heavy atom. The summed E-state index contributed by atoms with van der Waals surface area (Å²) in [6, 6.07) is 12.7. The minimum Gasteiger partial charge on any atom is -0.493 e. The van der Waals surface area contributed by atoms with E-state index < -0.39 is 0 Å². The van der Waals surface area contributed by atoms with Gasteiger partial charge in [0.15, 0.2) is 11.5 Å². The van der Waals surface area contributed by atoms with Gasteiger partial charge < -0.3 is 25.2 Å². The summed E-state index contributed by atoms with van der Waals surface area (Å²) in [7, 11) is 1.54. The molecule has 0 aliphatic rings. The first-order chi connectivity index (χ1) is 11.6. The first-order valence-electron chi connectivity index (χ1n) is 7.34. The second kappa shape index (κ2) is 9.33. The molecule has 0 aliphatic heterocycles. The summed E-state index contributed by atoms with van der Waals surface area (Å²) in [5, 5.41) is 14.4. The lowest BCUT2D eigenvalue weighted by Crippen LogP contribution is -2.28. The van der Waals surface area contributed by atoms with Gasteiger partial charge in [-0.25, -0.2) is 4.79 Å². The lowest BCUT2D eigenvalue weighted by Gasteiger charge is -2.12. The molecule has 0 radical (unpaired) electrons. The number of anilines is 1. The molecule has 2 aromatic carbocycles. The monoisotopic (exact) mass is 442 g/mol. The summed E-state index contributed by atoms with van der Waals surface area (Å²) in [5.41, 5.74) is 1.64. The third-order valence-electron chi connectivity index (χ3n) is 3.15. The van der Waals surface area contributed by atoms with Crippen molar-refractivity contribution in [2.24, 2.45) is 0 Å². The lowest BCUT2D eigenvalue weighted by molar-refractivity contribution is 0.196. The maximum Gasteiger partial charge on any atom is 0.319 e. The van der Waals surface area contributed by atoms with Gasteiger partial charge in [-0.05, 0) is 52.4 Å². The maximum atomic E-state index is 12.0. The highest BCUT2D eigenvalue weighted by Crippen LogP contribution is 2.28. The average molecular weight is 442 g/mol. The molecular weight excluding hydrogens is 423 g/mol. The number of amides is 2. The summed E-state index contributed by atoms with van der Waals surface area (Å²) in [4.78, 5) is 12.0. The molecule has 0 aliphatic carbocycles. The third kappa shape index (κ3) is 5.27. The molecule has 6 nitrogen and oxygen atoms in total. The van der Waals surface area contributed by atoms with E-state index in [-0.39, 0.29) is 19.2 Å². The van der Waals surface area contributed by atoms with Crippen LogP contribution >= 0.6 is 22.6 Å². The van der Waals surface area contributed by atoms with Crippen LogP contribution < -0.4 is 20.1 Å². The van der Waals surface area contributed by atoms with E-state index in [9.17, 15) is 4.79 Å². The number of methoxy groups -OCH3 is 1. The normalized spacial score (nSPS) is 10.1. The predicted octanol–water partition coefficient (Wildman–Crippen LogP) is 2.99. The van der Waals surface area contributed by atoms with Crippen LogP contribution in [0.5, 0.6) is 11.5 Å². The first-order valence-corrected chi connectivity index (χ1v) is 8.42. The van der Waals surface area contributed by atoms with Gasteiger partial charge in [0, 0.05) is 10.1 Å². The van der Waals surface area contributed by atoms with Crippen molar-refractivity contribution < 1.29 is 19.4 Å². The van der Waals surface area contributed by atoms with Crippen molar-refractivity contribution in [3.8, 4) is 11.5 Å². The molecule has 0 saturated carbocycles. The number of carbonyl (C=O) groups is 1. The number of carbonyl (C=O) groups excluding carboxylic acids is 1. The Balaban J connectivity index is 1.93. The topological polar surface area (TPSA) is 79.8 Å². The fraction of sp³-hybridized carbons (Fsp3) is 0.235. The summed E-state index contributed by atoms with van der Waals surface area (Å²) in [6.45, 7) is 0.489. The van der Waals surface area contributed by atoms with E-state index in [1.807, 2.05) is 30.3 Å². The molecule has 0 unspecified atom stereocenters. The number of hydrogen-bond donors (Lipinski definition) is 3. The van der Waals surface area contributed by atoms with Crippen molar-refractivity contribution in [1.29, 1.82) is 0 Å². The SMILES string of the molecule is COc1cc(CNC(=O)Nc2ccccc2I)ccc1OCCO. The molecule has 2 aromatic rings. The summed E-state index contributed by atoms with van der Waals surface area (Å²) >= 11 is 2.17. The zero-order valence-electron chi connectivity index (χ0n) is 13.2. The lowest BCUT2D eigenvalue weighted by atomic mass is 10.2. The highest BCUT2D eigenvalue weighted by Gasteiger charge is 2.08. The summed E-state index contributed by atoms with van der Waals surface area (Å²) < 4.78 is 11.6. The maximum absolute atomic E-state index is 12.0. The number of aliphatic hydroxyl groups is 1. The van der Waals surface area contributed by atoms with Gasteiger partial charge in [-0.3, -0.25) is 0 Å². The molecule has 0 bridgehead atoms. The van der Waals surface area contributed by atoms with Crippen LogP contribution in [0.1, 0.15) is 5.56 Å². The van der Waals surface area contributed by atoms with Crippen LogP contribution in [-0.4, -0.2) is 31.5 Å². The molecule has 24 heavy (non-hydrogen) atoms. The number of para-hydroxylation sites is 1. The summed E-state index contributed by atoms with van der Waals surface area (Å²) in [5.74, 6) is 1.11. The molecule has 0 heterocycles. The van der Waals surface area contributed by atoms with Crippen LogP contribution in [0.2, 0.25) is 0 Å². The molecular formula is C17H19IN2O4. The van der Waals surface area contributed by atoms with E-state index in [1.54, 1.807) is 19.2 Å². The number of benzene rings is 2. The quantitative estimate of drug-likeness (QED) is 0.577. The Labute approximate surface area is 154 Å². The molecule has 2 rings (SSSR count). The minimum atomic E-state index is -0.279. The highest BCUT2D eigenvalue weighted by atomic mass is 127. The Bertz CT molecular complexity index is 694. The fourth-order valence-corrected chi connectivity index (χ4v) is 2.53. The van der Waals surface area contributed by atoms with E-state index in [2.05, 4.69) is 33.2 Å². The van der Waals surface area contributed by atoms with Gasteiger partial charge in [0.25, 0.3) is 0 Å². The second-order valence-electron chi connectivity index (χ2n) is 4.84. The summed E-state index contributed by atoms with van der Waals surface area (Å²) in [6.07, 6.45) is 0. The van der Waals surface area contributed by atoms with Crippen molar-refractivity contribution in [2.45, 2.75) is 6.54 Å². The number of urea groups is 1. The van der Waals surface area contributed by atoms with Gasteiger partial charge in [-0.2, -0.15) is 0 Å². The van der Waals surface area contributed by atoms with E-state index in [1.165, 1.54) is 0 Å². The Hall–Kier alpha value is -2.00. The molecule has 128 valence electrons. The smallest absolute Gasteiger partial charge is 0.319 e. The van der Waals surface area contributed by atoms with Crippen LogP contribution in [0.15, 0.2) is 42.5 Å². The molecule has 0 fully saturated rings. The van der Waals surface area contributed by atoms with Crippen molar-refractivity contribution in [2.75, 3.05) is 25.6 Å². The Morgan fingerprint density at radius 1 is 1.21 bits per heavy atom. The number of rotatable bonds is 7. The number of halogens is 1. The van der Waals surface area contributed by atoms with E-state index in [0.29, 0.717) is 18.0 Å². The third-order valence-corrected chi connectivity index (χ3v) is 4.09. The minimum absolute atomic E-state index is 0.0646. The van der Waals surface area contributed by atoms with Crippen molar-refractivity contribution in [3.05, 3.63) is 51.6 Å².